The molecule has 0 bridgehead atoms. The van der Waals surface area contributed by atoms with Crippen LogP contribution in [0.15, 0.2) is 18.2 Å². The highest BCUT2D eigenvalue weighted by Gasteiger charge is 2.64. The molecule has 0 radical (unpaired) electrons. The Kier molecular flexibility index (Phi) is 3.40. The molecule has 0 heterocycles. The Labute approximate surface area is 119 Å². The molecule has 0 atom stereocenters. The first-order chi connectivity index (χ1) is 9.20. The van der Waals surface area contributed by atoms with Crippen molar-refractivity contribution in [3.63, 3.8) is 0 Å². The standard InChI is InChI=1S/C15H22N2O3/c1-6-20-12-8-10(7-11(9-12)17(18)19)16-13-14(2,3)15(13,4)5/h7-9,13,16H,6H2,1-5H3. The van der Waals surface area contributed by atoms with E-state index in [1.54, 1.807) is 6.07 Å². The van der Waals surface area contributed by atoms with E-state index in [0.29, 0.717) is 18.4 Å². The van der Waals surface area contributed by atoms with Crippen molar-refractivity contribution >= 4 is 11.4 Å². The van der Waals surface area contributed by atoms with Crippen LogP contribution in [0, 0.1) is 20.9 Å². The van der Waals surface area contributed by atoms with Gasteiger partial charge in [-0.1, -0.05) is 27.7 Å². The van der Waals surface area contributed by atoms with E-state index < -0.39 is 4.92 Å². The third kappa shape index (κ3) is 2.32. The molecule has 5 nitrogen and oxygen atoms in total. The minimum Gasteiger partial charge on any atom is -0.494 e. The molecule has 1 N–H and O–H groups in total. The van der Waals surface area contributed by atoms with Gasteiger partial charge in [0.05, 0.1) is 17.6 Å². The molecule has 0 saturated heterocycles. The second-order valence-electron chi connectivity index (χ2n) is 6.43. The Morgan fingerprint density at radius 2 is 1.85 bits per heavy atom. The Morgan fingerprint density at radius 1 is 1.25 bits per heavy atom. The number of nitrogens with zero attached hydrogens (tertiary/aromatic N) is 1. The zero-order valence-electron chi connectivity index (χ0n) is 12.7. The molecule has 0 unspecified atom stereocenters. The molecule has 2 rings (SSSR count). The van der Waals surface area contributed by atoms with Gasteiger partial charge in [0.15, 0.2) is 0 Å². The Morgan fingerprint density at radius 3 is 2.30 bits per heavy atom. The van der Waals surface area contributed by atoms with E-state index in [2.05, 4.69) is 33.0 Å². The van der Waals surface area contributed by atoms with E-state index in [-0.39, 0.29) is 16.5 Å². The van der Waals surface area contributed by atoms with E-state index in [0.717, 1.165) is 5.69 Å². The van der Waals surface area contributed by atoms with Crippen LogP contribution in [0.1, 0.15) is 34.6 Å². The van der Waals surface area contributed by atoms with Gasteiger partial charge in [0.2, 0.25) is 0 Å². The van der Waals surface area contributed by atoms with Crippen molar-refractivity contribution in [2.45, 2.75) is 40.7 Å². The molecule has 20 heavy (non-hydrogen) atoms. The number of anilines is 1. The van der Waals surface area contributed by atoms with Crippen LogP contribution in [-0.2, 0) is 0 Å². The van der Waals surface area contributed by atoms with Gasteiger partial charge in [-0.2, -0.15) is 0 Å². The number of nitro benzene ring substituents is 1. The van der Waals surface area contributed by atoms with Crippen molar-refractivity contribution in [2.75, 3.05) is 11.9 Å². The van der Waals surface area contributed by atoms with Gasteiger partial charge in [-0.15, -0.1) is 0 Å². The molecular weight excluding hydrogens is 256 g/mol. The zero-order valence-corrected chi connectivity index (χ0v) is 12.7. The van der Waals surface area contributed by atoms with Crippen molar-refractivity contribution in [1.82, 2.24) is 0 Å². The minimum absolute atomic E-state index is 0.0507. The fourth-order valence-electron chi connectivity index (χ4n) is 2.75. The molecule has 1 fully saturated rings. The van der Waals surface area contributed by atoms with Gasteiger partial charge in [0, 0.05) is 23.9 Å². The van der Waals surface area contributed by atoms with E-state index in [4.69, 9.17) is 4.74 Å². The highest BCUT2D eigenvalue weighted by atomic mass is 16.6. The highest BCUT2D eigenvalue weighted by molar-refractivity contribution is 5.58. The number of nitrogens with one attached hydrogen (secondary N) is 1. The van der Waals surface area contributed by atoms with Gasteiger partial charge < -0.3 is 10.1 Å². The monoisotopic (exact) mass is 278 g/mol. The first-order valence-corrected chi connectivity index (χ1v) is 6.89. The van der Waals surface area contributed by atoms with E-state index >= 15 is 0 Å². The molecule has 1 aromatic carbocycles. The van der Waals surface area contributed by atoms with Crippen LogP contribution in [0.4, 0.5) is 11.4 Å². The number of hydrogen-bond acceptors (Lipinski definition) is 4. The molecule has 1 saturated carbocycles. The summed E-state index contributed by atoms with van der Waals surface area (Å²) in [6, 6.07) is 5.14. The lowest BCUT2D eigenvalue weighted by Crippen LogP contribution is -2.10. The Balaban J connectivity index is 2.26. The van der Waals surface area contributed by atoms with E-state index in [9.17, 15) is 10.1 Å². The van der Waals surface area contributed by atoms with Crippen molar-refractivity contribution in [2.24, 2.45) is 10.8 Å². The fraction of sp³-hybridized carbons (Fsp3) is 0.600. The summed E-state index contributed by atoms with van der Waals surface area (Å²) < 4.78 is 5.40. The average Bonchev–Trinajstić information content (AvgIpc) is 2.72. The smallest absolute Gasteiger partial charge is 0.275 e. The molecule has 0 aliphatic heterocycles. The molecular formula is C15H22N2O3. The molecule has 1 aromatic rings. The number of non-ortho nitro benzene ring substituents is 1. The normalized spacial score (nSPS) is 19.4. The predicted octanol–water partition coefficient (Wildman–Crippen LogP) is 3.84. The van der Waals surface area contributed by atoms with E-state index in [1.807, 2.05) is 13.0 Å². The summed E-state index contributed by atoms with van der Waals surface area (Å²) in [6.45, 7) is 11.1. The van der Waals surface area contributed by atoms with Crippen LogP contribution in [0.25, 0.3) is 0 Å². The maximum atomic E-state index is 11.0. The number of ether oxygens (including phenoxy) is 1. The van der Waals surface area contributed by atoms with Gasteiger partial charge >= 0.3 is 0 Å². The van der Waals surface area contributed by atoms with Crippen LogP contribution >= 0.6 is 0 Å². The number of nitro groups is 1. The summed E-state index contributed by atoms with van der Waals surface area (Å²) in [5.74, 6) is 0.528. The molecule has 1 aliphatic rings. The lowest BCUT2D eigenvalue weighted by molar-refractivity contribution is -0.384. The van der Waals surface area contributed by atoms with Gasteiger partial charge in [-0.25, -0.2) is 0 Å². The summed E-state index contributed by atoms with van der Waals surface area (Å²) >= 11 is 0. The Hall–Kier alpha value is -1.78. The largest absolute Gasteiger partial charge is 0.494 e. The molecule has 0 amide bonds. The van der Waals surface area contributed by atoms with Crippen molar-refractivity contribution < 1.29 is 9.66 Å². The van der Waals surface area contributed by atoms with Gasteiger partial charge in [0.25, 0.3) is 5.69 Å². The molecule has 0 spiro atoms. The lowest BCUT2D eigenvalue weighted by Gasteiger charge is -2.10. The zero-order chi connectivity index (χ0) is 15.1. The lowest BCUT2D eigenvalue weighted by atomic mass is 10.0. The van der Waals surface area contributed by atoms with Crippen molar-refractivity contribution in [1.29, 1.82) is 0 Å². The third-order valence-electron chi connectivity index (χ3n) is 4.74. The number of hydrogen-bond donors (Lipinski definition) is 1. The molecule has 0 aromatic heterocycles. The molecule has 5 heteroatoms. The van der Waals surface area contributed by atoms with Gasteiger partial charge in [-0.05, 0) is 17.8 Å². The second-order valence-corrected chi connectivity index (χ2v) is 6.43. The topological polar surface area (TPSA) is 64.4 Å². The van der Waals surface area contributed by atoms with Crippen molar-refractivity contribution in [3.05, 3.63) is 28.3 Å². The first-order valence-electron chi connectivity index (χ1n) is 6.89. The number of benzene rings is 1. The number of rotatable bonds is 5. The maximum absolute atomic E-state index is 11.0. The maximum Gasteiger partial charge on any atom is 0.275 e. The SMILES string of the molecule is CCOc1cc(NC2C(C)(C)C2(C)C)cc([N+](=O)[O-])c1. The third-order valence-corrected chi connectivity index (χ3v) is 4.74. The van der Waals surface area contributed by atoms with Gasteiger partial charge in [-0.3, -0.25) is 10.1 Å². The highest BCUT2D eigenvalue weighted by Crippen LogP contribution is 2.63. The summed E-state index contributed by atoms with van der Waals surface area (Å²) in [7, 11) is 0. The minimum atomic E-state index is -0.392. The van der Waals surface area contributed by atoms with Gasteiger partial charge in [0.1, 0.15) is 5.75 Å². The van der Waals surface area contributed by atoms with Crippen LogP contribution in [0.3, 0.4) is 0 Å². The van der Waals surface area contributed by atoms with Crippen LogP contribution in [0.2, 0.25) is 0 Å². The predicted molar refractivity (Wildman–Crippen MR) is 79.2 cm³/mol. The van der Waals surface area contributed by atoms with Crippen LogP contribution in [-0.4, -0.2) is 17.6 Å². The second kappa shape index (κ2) is 4.65. The summed E-state index contributed by atoms with van der Waals surface area (Å²) in [6.07, 6.45) is 0. The average molecular weight is 278 g/mol. The summed E-state index contributed by atoms with van der Waals surface area (Å²) in [5, 5.41) is 14.4. The van der Waals surface area contributed by atoms with E-state index in [1.165, 1.54) is 6.07 Å². The van der Waals surface area contributed by atoms with Crippen LogP contribution in [0.5, 0.6) is 5.75 Å². The summed E-state index contributed by atoms with van der Waals surface area (Å²) in [5.41, 5.74) is 1.13. The molecule has 1 aliphatic carbocycles. The fourth-order valence-corrected chi connectivity index (χ4v) is 2.75. The Bertz CT molecular complexity index is 524. The van der Waals surface area contributed by atoms with Crippen molar-refractivity contribution in [3.8, 4) is 5.75 Å². The molecule has 110 valence electrons. The quantitative estimate of drug-likeness (QED) is 0.656. The first kappa shape index (κ1) is 14.6. The summed E-state index contributed by atoms with van der Waals surface area (Å²) in [4.78, 5) is 10.6. The van der Waals surface area contributed by atoms with Crippen LogP contribution < -0.4 is 10.1 Å².